The van der Waals surface area contributed by atoms with Gasteiger partial charge in [-0.1, -0.05) is 55.8 Å². The zero-order chi connectivity index (χ0) is 20.4. The zero-order valence-electron chi connectivity index (χ0n) is 16.5. The van der Waals surface area contributed by atoms with Crippen LogP contribution in [0.15, 0.2) is 73.3 Å². The fourth-order valence-corrected chi connectivity index (χ4v) is 3.10. The molecule has 0 aliphatic carbocycles. The second-order valence-electron chi connectivity index (χ2n) is 7.44. The second kappa shape index (κ2) is 7.47. The molecule has 146 valence electrons. The fourth-order valence-electron chi connectivity index (χ4n) is 3.10. The van der Waals surface area contributed by atoms with Crippen LogP contribution in [-0.2, 0) is 5.41 Å². The summed E-state index contributed by atoms with van der Waals surface area (Å²) in [5.74, 6) is 0.227. The summed E-state index contributed by atoms with van der Waals surface area (Å²) in [5.41, 5.74) is 4.12. The highest BCUT2D eigenvalue weighted by atomic mass is 19.1. The second-order valence-corrected chi connectivity index (χ2v) is 7.44. The van der Waals surface area contributed by atoms with Gasteiger partial charge in [-0.15, -0.1) is 0 Å². The van der Waals surface area contributed by atoms with Gasteiger partial charge < -0.3 is 4.74 Å². The summed E-state index contributed by atoms with van der Waals surface area (Å²) in [6.45, 7) is 6.49. The molecule has 2 aromatic carbocycles. The molecule has 0 aliphatic rings. The van der Waals surface area contributed by atoms with Crippen molar-refractivity contribution in [3.05, 3.63) is 95.8 Å². The van der Waals surface area contributed by atoms with Gasteiger partial charge in [0.25, 0.3) is 0 Å². The lowest BCUT2D eigenvalue weighted by molar-refractivity contribution is 0.440. The minimum Gasteiger partial charge on any atom is -0.424 e. The average molecular weight is 388 g/mol. The molecule has 0 aliphatic heterocycles. The van der Waals surface area contributed by atoms with Crippen LogP contribution < -0.4 is 4.74 Å². The van der Waals surface area contributed by atoms with Crippen LogP contribution in [0.5, 0.6) is 11.8 Å². The Kier molecular flexibility index (Phi) is 4.84. The van der Waals surface area contributed by atoms with E-state index in [0.717, 1.165) is 6.20 Å². The van der Waals surface area contributed by atoms with Gasteiger partial charge in [0.15, 0.2) is 5.82 Å². The van der Waals surface area contributed by atoms with Crippen molar-refractivity contribution in [2.75, 3.05) is 0 Å². The Morgan fingerprint density at radius 3 is 2.00 bits per heavy atom. The third-order valence-corrected chi connectivity index (χ3v) is 4.99. The molecule has 0 saturated heterocycles. The van der Waals surface area contributed by atoms with Crippen molar-refractivity contribution < 1.29 is 9.13 Å². The van der Waals surface area contributed by atoms with E-state index in [-0.39, 0.29) is 11.4 Å². The smallest absolute Gasteiger partial charge is 0.322 e. The predicted octanol–water partition coefficient (Wildman–Crippen LogP) is 5.23. The molecule has 0 amide bonds. The maximum absolute atomic E-state index is 13.1. The van der Waals surface area contributed by atoms with Gasteiger partial charge in [-0.2, -0.15) is 5.10 Å². The summed E-state index contributed by atoms with van der Waals surface area (Å²) in [6, 6.07) is 16.7. The maximum atomic E-state index is 13.1. The lowest BCUT2D eigenvalue weighted by atomic mass is 9.78. The molecule has 4 rings (SSSR count). The Balaban J connectivity index is 1.48. The van der Waals surface area contributed by atoms with Crippen LogP contribution in [0.4, 0.5) is 4.39 Å². The van der Waals surface area contributed by atoms with Crippen LogP contribution in [-0.4, -0.2) is 19.7 Å². The highest BCUT2D eigenvalue weighted by Crippen LogP contribution is 2.33. The van der Waals surface area contributed by atoms with E-state index in [1.165, 1.54) is 40.0 Å². The Morgan fingerprint density at radius 1 is 0.862 bits per heavy atom. The molecular weight excluding hydrogens is 367 g/mol. The summed E-state index contributed by atoms with van der Waals surface area (Å²) >= 11 is 0. The van der Waals surface area contributed by atoms with Crippen LogP contribution >= 0.6 is 0 Å². The van der Waals surface area contributed by atoms with Gasteiger partial charge in [0.2, 0.25) is 0 Å². The number of hydrogen-bond acceptors (Lipinski definition) is 4. The molecular formula is C23H21FN4O. The molecule has 4 aromatic rings. The maximum Gasteiger partial charge on any atom is 0.322 e. The molecule has 0 unspecified atom stereocenters. The summed E-state index contributed by atoms with van der Waals surface area (Å²) in [4.78, 5) is 8.34. The number of hydrogen-bond donors (Lipinski definition) is 0. The molecule has 0 radical (unpaired) electrons. The fraction of sp³-hybridized carbons (Fsp3) is 0.174. The van der Waals surface area contributed by atoms with Gasteiger partial charge in [-0.25, -0.2) is 19.0 Å². The highest BCUT2D eigenvalue weighted by molar-refractivity contribution is 5.41. The van der Waals surface area contributed by atoms with Gasteiger partial charge in [0, 0.05) is 5.41 Å². The first-order valence-corrected chi connectivity index (χ1v) is 9.30. The van der Waals surface area contributed by atoms with E-state index in [4.69, 9.17) is 4.74 Å². The first kappa shape index (κ1) is 18.8. The number of nitrogens with zero attached hydrogens (tertiary/aromatic N) is 4. The van der Waals surface area contributed by atoms with Crippen LogP contribution in [0.1, 0.15) is 30.5 Å². The molecule has 29 heavy (non-hydrogen) atoms. The minimum atomic E-state index is -0.418. The van der Waals surface area contributed by atoms with E-state index < -0.39 is 5.82 Å². The Hall–Kier alpha value is -3.54. The third-order valence-electron chi connectivity index (χ3n) is 4.99. The molecule has 0 atom stereocenters. The van der Waals surface area contributed by atoms with Crippen molar-refractivity contribution >= 4 is 0 Å². The first-order valence-electron chi connectivity index (χ1n) is 9.30. The summed E-state index contributed by atoms with van der Waals surface area (Å²) in [6.07, 6.45) is 5.45. The van der Waals surface area contributed by atoms with Crippen molar-refractivity contribution in [2.24, 2.45) is 0 Å². The number of benzene rings is 2. The molecule has 0 N–H and O–H groups in total. The monoisotopic (exact) mass is 388 g/mol. The Bertz CT molecular complexity index is 1100. The standard InChI is InChI=1S/C23H21FN4O/c1-16-4-6-17(7-5-16)23(2,3)18-8-10-21(11-9-18)29-22-25-13-20(14-26-22)28-15-19(24)12-27-28/h4-15H,1-3H3. The van der Waals surface area contributed by atoms with E-state index in [9.17, 15) is 4.39 Å². The van der Waals surface area contributed by atoms with Gasteiger partial charge >= 0.3 is 6.01 Å². The molecule has 5 nitrogen and oxygen atoms in total. The van der Waals surface area contributed by atoms with Gasteiger partial charge in [-0.3, -0.25) is 0 Å². The Labute approximate surface area is 168 Å². The van der Waals surface area contributed by atoms with Crippen molar-refractivity contribution in [1.82, 2.24) is 19.7 Å². The Morgan fingerprint density at radius 2 is 1.45 bits per heavy atom. The average Bonchev–Trinajstić information content (AvgIpc) is 3.16. The lowest BCUT2D eigenvalue weighted by Gasteiger charge is -2.26. The zero-order valence-corrected chi connectivity index (χ0v) is 16.5. The van der Waals surface area contributed by atoms with E-state index in [2.05, 4.69) is 72.2 Å². The van der Waals surface area contributed by atoms with Gasteiger partial charge in [-0.05, 0) is 30.2 Å². The number of rotatable bonds is 5. The third kappa shape index (κ3) is 4.01. The van der Waals surface area contributed by atoms with Crippen LogP contribution in [0.25, 0.3) is 5.69 Å². The van der Waals surface area contributed by atoms with E-state index in [1.807, 2.05) is 12.1 Å². The molecule has 6 heteroatoms. The molecule has 0 saturated carbocycles. The predicted molar refractivity (Wildman–Crippen MR) is 109 cm³/mol. The number of aromatic nitrogens is 4. The SMILES string of the molecule is Cc1ccc(C(C)(C)c2ccc(Oc3ncc(-n4cc(F)cn4)cn3)cc2)cc1. The van der Waals surface area contributed by atoms with Crippen molar-refractivity contribution in [3.8, 4) is 17.4 Å². The molecule has 0 spiro atoms. The molecule has 2 heterocycles. The van der Waals surface area contributed by atoms with Crippen LogP contribution in [0.3, 0.4) is 0 Å². The number of ether oxygens (including phenoxy) is 1. The van der Waals surface area contributed by atoms with Crippen molar-refractivity contribution in [3.63, 3.8) is 0 Å². The van der Waals surface area contributed by atoms with Crippen LogP contribution in [0, 0.1) is 12.7 Å². The largest absolute Gasteiger partial charge is 0.424 e. The highest BCUT2D eigenvalue weighted by Gasteiger charge is 2.23. The van der Waals surface area contributed by atoms with Crippen LogP contribution in [0.2, 0.25) is 0 Å². The molecule has 2 aromatic heterocycles. The van der Waals surface area contributed by atoms with Crippen molar-refractivity contribution in [1.29, 1.82) is 0 Å². The summed E-state index contributed by atoms with van der Waals surface area (Å²) in [7, 11) is 0. The lowest BCUT2D eigenvalue weighted by Crippen LogP contribution is -2.18. The van der Waals surface area contributed by atoms with Gasteiger partial charge in [0.1, 0.15) is 11.4 Å². The first-order chi connectivity index (χ1) is 13.9. The topological polar surface area (TPSA) is 52.8 Å². The van der Waals surface area contributed by atoms with Gasteiger partial charge in [0.05, 0.1) is 24.8 Å². The van der Waals surface area contributed by atoms with Crippen molar-refractivity contribution in [2.45, 2.75) is 26.2 Å². The quantitative estimate of drug-likeness (QED) is 0.470. The number of halogens is 1. The van der Waals surface area contributed by atoms with E-state index in [0.29, 0.717) is 11.4 Å². The normalized spacial score (nSPS) is 11.4. The minimum absolute atomic E-state index is 0.122. The number of aryl methyl sites for hydroxylation is 1. The molecule has 0 fully saturated rings. The summed E-state index contributed by atoms with van der Waals surface area (Å²) in [5, 5.41) is 3.88. The summed E-state index contributed by atoms with van der Waals surface area (Å²) < 4.78 is 20.2. The van der Waals surface area contributed by atoms with E-state index in [1.54, 1.807) is 0 Å². The van der Waals surface area contributed by atoms with E-state index >= 15 is 0 Å². The molecule has 0 bridgehead atoms.